The number of hydrogen-bond acceptors (Lipinski definition) is 2. The lowest BCUT2D eigenvalue weighted by Crippen LogP contribution is -2.20. The van der Waals surface area contributed by atoms with E-state index in [0.717, 1.165) is 23.3 Å². The standard InChI is InChI=1S/C21H18N2O.ClH/c1-14-6-4-8-16-13-22-20(17-9-5-11-23(17)21(14)16)19-12-15-7-2-3-10-18(15)24-19;/h2-12,20,22H,13H2,1H3;1H. The predicted octanol–water partition coefficient (Wildman–Crippen LogP) is 5.15. The number of nitrogens with zero attached hydrogens (tertiary/aromatic N) is 1. The van der Waals surface area contributed by atoms with Crippen LogP contribution in [0.3, 0.4) is 0 Å². The molecule has 5 rings (SSSR count). The van der Waals surface area contributed by atoms with Gasteiger partial charge in [-0.3, -0.25) is 5.32 Å². The number of fused-ring (bicyclic) bond motifs is 4. The first-order valence-corrected chi connectivity index (χ1v) is 8.29. The van der Waals surface area contributed by atoms with Crippen molar-refractivity contribution in [3.8, 4) is 5.69 Å². The molecular weight excluding hydrogens is 332 g/mol. The zero-order chi connectivity index (χ0) is 16.1. The van der Waals surface area contributed by atoms with Gasteiger partial charge in [0.25, 0.3) is 0 Å². The van der Waals surface area contributed by atoms with Crippen LogP contribution in [-0.4, -0.2) is 4.57 Å². The summed E-state index contributed by atoms with van der Waals surface area (Å²) >= 11 is 0. The van der Waals surface area contributed by atoms with Crippen LogP contribution in [0.15, 0.2) is 71.3 Å². The average molecular weight is 351 g/mol. The molecule has 2 aromatic heterocycles. The molecule has 126 valence electrons. The maximum Gasteiger partial charge on any atom is 0.134 e. The van der Waals surface area contributed by atoms with Crippen LogP contribution in [0.4, 0.5) is 0 Å². The van der Waals surface area contributed by atoms with Crippen LogP contribution in [0.25, 0.3) is 16.7 Å². The highest BCUT2D eigenvalue weighted by atomic mass is 35.5. The second kappa shape index (κ2) is 6.10. The largest absolute Gasteiger partial charge is 0.459 e. The van der Waals surface area contributed by atoms with Gasteiger partial charge in [-0.1, -0.05) is 36.4 Å². The molecule has 1 N–H and O–H groups in total. The molecule has 0 saturated carbocycles. The van der Waals surface area contributed by atoms with Gasteiger partial charge in [-0.15, -0.1) is 12.4 Å². The van der Waals surface area contributed by atoms with E-state index in [9.17, 15) is 0 Å². The monoisotopic (exact) mass is 350 g/mol. The highest BCUT2D eigenvalue weighted by molar-refractivity contribution is 5.85. The van der Waals surface area contributed by atoms with Gasteiger partial charge in [-0.2, -0.15) is 0 Å². The quantitative estimate of drug-likeness (QED) is 0.514. The SMILES string of the molecule is Cc1cccc2c1-n1cccc1C(c1cc3ccccc3o1)NC2.Cl. The van der Waals surface area contributed by atoms with Gasteiger partial charge in [0.05, 0.1) is 5.69 Å². The topological polar surface area (TPSA) is 30.1 Å². The first-order valence-electron chi connectivity index (χ1n) is 8.29. The molecule has 4 heteroatoms. The van der Waals surface area contributed by atoms with Crippen molar-refractivity contribution in [2.75, 3.05) is 0 Å². The molecule has 3 heterocycles. The fourth-order valence-corrected chi connectivity index (χ4v) is 3.75. The lowest BCUT2D eigenvalue weighted by molar-refractivity contribution is 0.465. The van der Waals surface area contributed by atoms with E-state index >= 15 is 0 Å². The van der Waals surface area contributed by atoms with Gasteiger partial charge < -0.3 is 8.98 Å². The minimum Gasteiger partial charge on any atom is -0.459 e. The molecule has 0 aliphatic carbocycles. The maximum absolute atomic E-state index is 6.14. The van der Waals surface area contributed by atoms with Crippen LogP contribution < -0.4 is 5.32 Å². The van der Waals surface area contributed by atoms with Crippen LogP contribution in [0.2, 0.25) is 0 Å². The molecule has 1 atom stereocenters. The zero-order valence-electron chi connectivity index (χ0n) is 13.9. The van der Waals surface area contributed by atoms with Gasteiger partial charge in [0, 0.05) is 23.8 Å². The molecule has 0 radical (unpaired) electrons. The number of aryl methyl sites for hydroxylation is 1. The average Bonchev–Trinajstić information content (AvgIpc) is 3.19. The highest BCUT2D eigenvalue weighted by Gasteiger charge is 2.26. The van der Waals surface area contributed by atoms with E-state index in [2.05, 4.69) is 65.5 Å². The van der Waals surface area contributed by atoms with Gasteiger partial charge in [-0.25, -0.2) is 0 Å². The molecule has 0 saturated heterocycles. The number of rotatable bonds is 1. The van der Waals surface area contributed by atoms with Crippen molar-refractivity contribution in [3.05, 3.63) is 89.4 Å². The van der Waals surface area contributed by atoms with E-state index in [0.29, 0.717) is 0 Å². The summed E-state index contributed by atoms with van der Waals surface area (Å²) in [5.41, 5.74) is 6.03. The third kappa shape index (κ3) is 2.48. The summed E-state index contributed by atoms with van der Waals surface area (Å²) in [6, 6.07) is 21.1. The van der Waals surface area contributed by atoms with E-state index in [1.807, 2.05) is 18.2 Å². The Labute approximate surface area is 152 Å². The van der Waals surface area contributed by atoms with Crippen LogP contribution >= 0.6 is 12.4 Å². The Bertz CT molecular complexity index is 1010. The first-order chi connectivity index (χ1) is 11.8. The van der Waals surface area contributed by atoms with Crippen molar-refractivity contribution in [2.24, 2.45) is 0 Å². The van der Waals surface area contributed by atoms with Crippen molar-refractivity contribution >= 4 is 23.4 Å². The molecule has 1 aliphatic rings. The van der Waals surface area contributed by atoms with Gasteiger partial charge in [0.2, 0.25) is 0 Å². The number of hydrogen-bond donors (Lipinski definition) is 1. The molecule has 0 bridgehead atoms. The van der Waals surface area contributed by atoms with Crippen LogP contribution in [0.5, 0.6) is 0 Å². The minimum absolute atomic E-state index is 0. The Morgan fingerprint density at radius 1 is 1.04 bits per heavy atom. The molecule has 25 heavy (non-hydrogen) atoms. The fraction of sp³-hybridized carbons (Fsp3) is 0.143. The molecule has 0 amide bonds. The Morgan fingerprint density at radius 3 is 2.80 bits per heavy atom. The third-order valence-electron chi connectivity index (χ3n) is 4.86. The molecule has 1 aliphatic heterocycles. The van der Waals surface area contributed by atoms with Crippen LogP contribution in [0, 0.1) is 6.92 Å². The van der Waals surface area contributed by atoms with E-state index in [1.165, 1.54) is 22.5 Å². The molecule has 4 aromatic rings. The fourth-order valence-electron chi connectivity index (χ4n) is 3.75. The first kappa shape index (κ1) is 16.0. The van der Waals surface area contributed by atoms with E-state index in [1.54, 1.807) is 0 Å². The highest BCUT2D eigenvalue weighted by Crippen LogP contribution is 2.34. The van der Waals surface area contributed by atoms with Crippen LogP contribution in [-0.2, 0) is 6.54 Å². The van der Waals surface area contributed by atoms with Crippen LogP contribution in [0.1, 0.15) is 28.6 Å². The second-order valence-electron chi connectivity index (χ2n) is 6.39. The van der Waals surface area contributed by atoms with Crippen molar-refractivity contribution in [3.63, 3.8) is 0 Å². The maximum atomic E-state index is 6.14. The summed E-state index contributed by atoms with van der Waals surface area (Å²) in [4.78, 5) is 0. The zero-order valence-corrected chi connectivity index (χ0v) is 14.7. The molecule has 1 unspecified atom stereocenters. The Morgan fingerprint density at radius 2 is 1.92 bits per heavy atom. The molecule has 0 spiro atoms. The second-order valence-corrected chi connectivity index (χ2v) is 6.39. The number of halogens is 1. The number of furan rings is 1. The van der Waals surface area contributed by atoms with Crippen molar-refractivity contribution in [1.29, 1.82) is 0 Å². The predicted molar refractivity (Wildman–Crippen MR) is 103 cm³/mol. The van der Waals surface area contributed by atoms with Gasteiger partial charge >= 0.3 is 0 Å². The Kier molecular flexibility index (Phi) is 3.91. The van der Waals surface area contributed by atoms with Crippen molar-refractivity contribution in [1.82, 2.24) is 9.88 Å². The van der Waals surface area contributed by atoms with E-state index in [-0.39, 0.29) is 18.4 Å². The summed E-state index contributed by atoms with van der Waals surface area (Å²) in [5, 5.41) is 4.81. The van der Waals surface area contributed by atoms with Gasteiger partial charge in [-0.05, 0) is 42.3 Å². The number of para-hydroxylation sites is 2. The summed E-state index contributed by atoms with van der Waals surface area (Å²) < 4.78 is 8.44. The van der Waals surface area contributed by atoms with Gasteiger partial charge in [0.15, 0.2) is 0 Å². The van der Waals surface area contributed by atoms with E-state index < -0.39 is 0 Å². The lowest BCUT2D eigenvalue weighted by Gasteiger charge is -2.15. The van der Waals surface area contributed by atoms with E-state index in [4.69, 9.17) is 4.42 Å². The minimum atomic E-state index is 0. The molecular formula is C21H19ClN2O. The number of benzene rings is 2. The summed E-state index contributed by atoms with van der Waals surface area (Å²) in [6.07, 6.45) is 2.14. The van der Waals surface area contributed by atoms with Gasteiger partial charge in [0.1, 0.15) is 17.4 Å². The molecule has 2 aromatic carbocycles. The number of nitrogens with one attached hydrogen (secondary N) is 1. The smallest absolute Gasteiger partial charge is 0.134 e. The Balaban J connectivity index is 0.00000157. The Hall–Kier alpha value is -2.49. The molecule has 3 nitrogen and oxygen atoms in total. The number of aromatic nitrogens is 1. The van der Waals surface area contributed by atoms with Crippen molar-refractivity contribution < 1.29 is 4.42 Å². The summed E-state index contributed by atoms with van der Waals surface area (Å²) in [5.74, 6) is 0.960. The molecule has 0 fully saturated rings. The summed E-state index contributed by atoms with van der Waals surface area (Å²) in [6.45, 7) is 2.99. The van der Waals surface area contributed by atoms with Crippen molar-refractivity contribution in [2.45, 2.75) is 19.5 Å². The lowest BCUT2D eigenvalue weighted by atomic mass is 10.1. The normalized spacial score (nSPS) is 16.0. The third-order valence-corrected chi connectivity index (χ3v) is 4.86. The summed E-state index contributed by atoms with van der Waals surface area (Å²) in [7, 11) is 0.